The molecule has 1 heterocycles. The predicted molar refractivity (Wildman–Crippen MR) is 79.5 cm³/mol. The van der Waals surface area contributed by atoms with Crippen LogP contribution < -0.4 is 5.32 Å². The Balaban J connectivity index is 2.64. The van der Waals surface area contributed by atoms with Gasteiger partial charge in [0.2, 0.25) is 0 Å². The zero-order valence-electron chi connectivity index (χ0n) is 11.8. The van der Waals surface area contributed by atoms with Gasteiger partial charge in [0.1, 0.15) is 9.84 Å². The molecule has 0 saturated carbocycles. The van der Waals surface area contributed by atoms with Crippen molar-refractivity contribution in [3.8, 4) is 11.8 Å². The Morgan fingerprint density at radius 3 is 2.90 bits per heavy atom. The average molecular weight is 310 g/mol. The third-order valence-corrected chi connectivity index (χ3v) is 3.53. The highest BCUT2D eigenvalue weighted by atomic mass is 32.2. The number of hydrogen-bond donors (Lipinski definition) is 2. The van der Waals surface area contributed by atoms with Crippen LogP contribution in [0.3, 0.4) is 0 Å². The predicted octanol–water partition coefficient (Wildman–Crippen LogP) is -0.0200. The first-order valence-corrected chi connectivity index (χ1v) is 8.50. The van der Waals surface area contributed by atoms with Gasteiger partial charge in [-0.15, -0.1) is 0 Å². The van der Waals surface area contributed by atoms with E-state index in [1.807, 2.05) is 0 Å². The lowest BCUT2D eigenvalue weighted by molar-refractivity contribution is 0.0953. The van der Waals surface area contributed by atoms with Gasteiger partial charge in [-0.2, -0.15) is 0 Å². The SMILES string of the molecule is CS(=O)(=O)CCCNC(=O)c1ccncc1C#CCCO. The Labute approximate surface area is 124 Å². The van der Waals surface area contributed by atoms with Crippen molar-refractivity contribution in [1.82, 2.24) is 10.3 Å². The number of carbonyl (C=O) groups is 1. The molecule has 0 atom stereocenters. The summed E-state index contributed by atoms with van der Waals surface area (Å²) in [7, 11) is -3.02. The molecule has 7 heteroatoms. The third-order valence-electron chi connectivity index (χ3n) is 2.50. The second kappa shape index (κ2) is 8.39. The highest BCUT2D eigenvalue weighted by Crippen LogP contribution is 2.05. The van der Waals surface area contributed by atoms with Crippen LogP contribution in [0, 0.1) is 11.8 Å². The summed E-state index contributed by atoms with van der Waals surface area (Å²) in [5.41, 5.74) is 0.862. The summed E-state index contributed by atoms with van der Waals surface area (Å²) < 4.78 is 22.0. The lowest BCUT2D eigenvalue weighted by Crippen LogP contribution is -2.26. The van der Waals surface area contributed by atoms with Crippen molar-refractivity contribution < 1.29 is 18.3 Å². The first-order chi connectivity index (χ1) is 9.94. The molecule has 114 valence electrons. The summed E-state index contributed by atoms with van der Waals surface area (Å²) in [5.74, 6) is 5.23. The Kier molecular flexibility index (Phi) is 6.85. The number of pyridine rings is 1. The van der Waals surface area contributed by atoms with E-state index in [0.29, 0.717) is 24.0 Å². The number of amides is 1. The van der Waals surface area contributed by atoms with Gasteiger partial charge in [-0.1, -0.05) is 11.8 Å². The Morgan fingerprint density at radius 2 is 2.24 bits per heavy atom. The minimum Gasteiger partial charge on any atom is -0.395 e. The van der Waals surface area contributed by atoms with Crippen molar-refractivity contribution in [2.24, 2.45) is 0 Å². The van der Waals surface area contributed by atoms with Crippen LogP contribution in [-0.4, -0.2) is 49.6 Å². The van der Waals surface area contributed by atoms with Gasteiger partial charge in [0.05, 0.1) is 23.5 Å². The Bertz CT molecular complexity index is 644. The molecule has 0 fully saturated rings. The van der Waals surface area contributed by atoms with E-state index in [1.165, 1.54) is 12.4 Å². The number of carbonyl (C=O) groups excluding carboxylic acids is 1. The Morgan fingerprint density at radius 1 is 1.48 bits per heavy atom. The number of nitrogens with zero attached hydrogens (tertiary/aromatic N) is 1. The van der Waals surface area contributed by atoms with Gasteiger partial charge in [-0.25, -0.2) is 8.42 Å². The maximum atomic E-state index is 12.0. The quantitative estimate of drug-likeness (QED) is 0.568. The van der Waals surface area contributed by atoms with Gasteiger partial charge in [0, 0.05) is 31.6 Å². The zero-order valence-corrected chi connectivity index (χ0v) is 12.6. The Hall–Kier alpha value is -1.91. The lowest BCUT2D eigenvalue weighted by atomic mass is 10.1. The van der Waals surface area contributed by atoms with Crippen molar-refractivity contribution in [2.75, 3.05) is 25.2 Å². The molecule has 6 nitrogen and oxygen atoms in total. The van der Waals surface area contributed by atoms with E-state index in [9.17, 15) is 13.2 Å². The molecule has 0 aliphatic rings. The smallest absolute Gasteiger partial charge is 0.252 e. The van der Waals surface area contributed by atoms with Gasteiger partial charge < -0.3 is 10.4 Å². The molecule has 0 aromatic carbocycles. The maximum Gasteiger partial charge on any atom is 0.252 e. The maximum absolute atomic E-state index is 12.0. The monoisotopic (exact) mass is 310 g/mol. The summed E-state index contributed by atoms with van der Waals surface area (Å²) in [6, 6.07) is 1.55. The summed E-state index contributed by atoms with van der Waals surface area (Å²) in [4.78, 5) is 15.9. The highest BCUT2D eigenvalue weighted by molar-refractivity contribution is 7.90. The van der Waals surface area contributed by atoms with Gasteiger partial charge >= 0.3 is 0 Å². The minimum atomic E-state index is -3.02. The number of aliphatic hydroxyl groups excluding tert-OH is 1. The van der Waals surface area contributed by atoms with Crippen LogP contribution in [0.1, 0.15) is 28.8 Å². The van der Waals surface area contributed by atoms with Gasteiger partial charge in [-0.05, 0) is 12.5 Å². The normalized spacial score (nSPS) is 10.6. The molecule has 0 spiro atoms. The number of rotatable bonds is 6. The molecular weight excluding hydrogens is 292 g/mol. The highest BCUT2D eigenvalue weighted by Gasteiger charge is 2.10. The molecule has 0 radical (unpaired) electrons. The van der Waals surface area contributed by atoms with Crippen LogP contribution in [0.4, 0.5) is 0 Å². The van der Waals surface area contributed by atoms with Crippen LogP contribution in [-0.2, 0) is 9.84 Å². The van der Waals surface area contributed by atoms with Crippen molar-refractivity contribution in [1.29, 1.82) is 0 Å². The molecule has 1 rings (SSSR count). The van der Waals surface area contributed by atoms with Crippen molar-refractivity contribution >= 4 is 15.7 Å². The largest absolute Gasteiger partial charge is 0.395 e. The van der Waals surface area contributed by atoms with Crippen LogP contribution in [0.2, 0.25) is 0 Å². The molecule has 0 aliphatic heterocycles. The van der Waals surface area contributed by atoms with Crippen LogP contribution in [0.15, 0.2) is 18.5 Å². The molecule has 2 N–H and O–H groups in total. The summed E-state index contributed by atoms with van der Waals surface area (Å²) >= 11 is 0. The average Bonchev–Trinajstić information content (AvgIpc) is 2.43. The van der Waals surface area contributed by atoms with E-state index in [-0.39, 0.29) is 24.8 Å². The zero-order chi connectivity index (χ0) is 15.7. The van der Waals surface area contributed by atoms with Crippen molar-refractivity contribution in [3.63, 3.8) is 0 Å². The molecule has 0 bridgehead atoms. The number of nitrogens with one attached hydrogen (secondary N) is 1. The van der Waals surface area contributed by atoms with E-state index >= 15 is 0 Å². The number of hydrogen-bond acceptors (Lipinski definition) is 5. The van der Waals surface area contributed by atoms with Crippen molar-refractivity contribution in [2.45, 2.75) is 12.8 Å². The van der Waals surface area contributed by atoms with E-state index in [1.54, 1.807) is 6.07 Å². The first-order valence-electron chi connectivity index (χ1n) is 6.43. The lowest BCUT2D eigenvalue weighted by Gasteiger charge is -2.06. The molecule has 0 unspecified atom stereocenters. The number of aromatic nitrogens is 1. The van der Waals surface area contributed by atoms with Gasteiger partial charge in [-0.3, -0.25) is 9.78 Å². The fraction of sp³-hybridized carbons (Fsp3) is 0.429. The van der Waals surface area contributed by atoms with E-state index in [4.69, 9.17) is 5.11 Å². The van der Waals surface area contributed by atoms with Gasteiger partial charge in [0.25, 0.3) is 5.91 Å². The van der Waals surface area contributed by atoms with E-state index < -0.39 is 9.84 Å². The second-order valence-electron chi connectivity index (χ2n) is 4.44. The van der Waals surface area contributed by atoms with Crippen LogP contribution in [0.25, 0.3) is 0 Å². The number of sulfone groups is 1. The summed E-state index contributed by atoms with van der Waals surface area (Å²) in [5, 5.41) is 11.3. The fourth-order valence-electron chi connectivity index (χ4n) is 1.54. The van der Waals surface area contributed by atoms with Crippen LogP contribution >= 0.6 is 0 Å². The molecule has 0 saturated heterocycles. The summed E-state index contributed by atoms with van der Waals surface area (Å²) in [6.07, 6.45) is 4.82. The molecule has 0 aliphatic carbocycles. The topological polar surface area (TPSA) is 96.4 Å². The van der Waals surface area contributed by atoms with E-state index in [2.05, 4.69) is 22.1 Å². The van der Waals surface area contributed by atoms with Crippen molar-refractivity contribution in [3.05, 3.63) is 29.6 Å². The molecule has 21 heavy (non-hydrogen) atoms. The van der Waals surface area contributed by atoms with Crippen LogP contribution in [0.5, 0.6) is 0 Å². The number of aliphatic hydroxyl groups is 1. The molecular formula is C14H18N2O4S. The van der Waals surface area contributed by atoms with Gasteiger partial charge in [0.15, 0.2) is 0 Å². The minimum absolute atomic E-state index is 0.0345. The van der Waals surface area contributed by atoms with E-state index in [0.717, 1.165) is 6.26 Å². The molecule has 1 aromatic heterocycles. The second-order valence-corrected chi connectivity index (χ2v) is 6.70. The standard InChI is InChI=1S/C14H18N2O4S/c1-21(19,20)10-4-7-16-14(18)13-6-8-15-11-12(13)5-2-3-9-17/h6,8,11,17H,3-4,7,9-10H2,1H3,(H,16,18). The molecule has 1 amide bonds. The molecule has 1 aromatic rings. The third kappa shape index (κ3) is 6.88. The first kappa shape index (κ1) is 17.1. The fourth-order valence-corrected chi connectivity index (χ4v) is 2.21. The summed E-state index contributed by atoms with van der Waals surface area (Å²) in [6.45, 7) is 0.234.